The summed E-state index contributed by atoms with van der Waals surface area (Å²) in [6.07, 6.45) is 6.28. The van der Waals surface area contributed by atoms with Crippen LogP contribution in [0.5, 0.6) is 0 Å². The zero-order chi connectivity index (χ0) is 22.7. The molecule has 0 aliphatic carbocycles. The summed E-state index contributed by atoms with van der Waals surface area (Å²) in [5.41, 5.74) is 3.88. The minimum atomic E-state index is -0.445. The average molecular weight is 450 g/mol. The van der Waals surface area contributed by atoms with Crippen molar-refractivity contribution in [1.82, 2.24) is 14.5 Å². The maximum Gasteiger partial charge on any atom is 0.269 e. The van der Waals surface area contributed by atoms with E-state index in [1.165, 1.54) is 23.5 Å². The molecule has 2 heterocycles. The maximum atomic E-state index is 13.3. The summed E-state index contributed by atoms with van der Waals surface area (Å²) in [5.74, 6) is -0.0844. The minimum Gasteiger partial charge on any atom is -0.337 e. The molecule has 0 aliphatic rings. The Morgan fingerprint density at radius 2 is 1.91 bits per heavy atom. The van der Waals surface area contributed by atoms with Gasteiger partial charge in [-0.15, -0.1) is 0 Å². The molecule has 1 amide bonds. The summed E-state index contributed by atoms with van der Waals surface area (Å²) in [7, 11) is 0. The van der Waals surface area contributed by atoms with E-state index in [2.05, 4.69) is 11.1 Å². The third kappa shape index (κ3) is 4.67. The fourth-order valence-corrected chi connectivity index (χ4v) is 4.68. The first-order valence-corrected chi connectivity index (χ1v) is 11.1. The molecule has 2 aromatic heterocycles. The number of aromatic nitrogens is 3. The largest absolute Gasteiger partial charge is 0.337 e. The molecule has 2 aromatic carbocycles. The molecule has 4 rings (SSSR count). The first kappa shape index (κ1) is 21.6. The second kappa shape index (κ2) is 9.27. The number of carbonyl (C=O) groups is 1. The van der Waals surface area contributed by atoms with E-state index in [1.54, 1.807) is 29.6 Å². The predicted octanol–water partition coefficient (Wildman–Crippen LogP) is 4.68. The number of fused-ring (bicyclic) bond motifs is 1. The van der Waals surface area contributed by atoms with E-state index in [0.29, 0.717) is 11.7 Å². The van der Waals surface area contributed by atoms with Gasteiger partial charge in [0.05, 0.1) is 27.9 Å². The van der Waals surface area contributed by atoms with Gasteiger partial charge in [-0.1, -0.05) is 35.6 Å². The number of hydrogen-bond acceptors (Lipinski definition) is 6. The van der Waals surface area contributed by atoms with Crippen molar-refractivity contribution in [2.24, 2.45) is 0 Å². The number of aryl methyl sites for hydroxylation is 3. The Labute approximate surface area is 189 Å². The van der Waals surface area contributed by atoms with E-state index in [9.17, 15) is 14.9 Å². The molecule has 0 bridgehead atoms. The van der Waals surface area contributed by atoms with Gasteiger partial charge in [-0.3, -0.25) is 19.8 Å². The zero-order valence-electron chi connectivity index (χ0n) is 17.9. The van der Waals surface area contributed by atoms with Crippen LogP contribution < -0.4 is 4.90 Å². The lowest BCUT2D eigenvalue weighted by molar-refractivity contribution is -0.384. The van der Waals surface area contributed by atoms with Gasteiger partial charge in [0.15, 0.2) is 5.13 Å². The van der Waals surface area contributed by atoms with Gasteiger partial charge in [0, 0.05) is 37.6 Å². The number of non-ortho nitro benzene ring substituents is 1. The SMILES string of the molecule is Cc1ccc(C)c2sc(N(CCCn3ccnc3)C(=O)Cc3ccc([N+](=O)[O-])cc3)nc12. The molecule has 9 heteroatoms. The number of nitro groups is 1. The lowest BCUT2D eigenvalue weighted by atomic mass is 10.1. The summed E-state index contributed by atoms with van der Waals surface area (Å²) >= 11 is 1.52. The number of imidazole rings is 1. The summed E-state index contributed by atoms with van der Waals surface area (Å²) < 4.78 is 3.06. The van der Waals surface area contributed by atoms with Crippen LogP contribution in [0.3, 0.4) is 0 Å². The van der Waals surface area contributed by atoms with Crippen molar-refractivity contribution in [3.8, 4) is 0 Å². The van der Waals surface area contributed by atoms with Gasteiger partial charge in [0.1, 0.15) is 0 Å². The molecule has 0 atom stereocenters. The molecule has 0 radical (unpaired) electrons. The second-order valence-corrected chi connectivity index (χ2v) is 8.65. The summed E-state index contributed by atoms with van der Waals surface area (Å²) in [6.45, 7) is 5.32. The number of benzene rings is 2. The number of anilines is 1. The van der Waals surface area contributed by atoms with Crippen molar-refractivity contribution in [2.75, 3.05) is 11.4 Å². The normalized spacial score (nSPS) is 11.1. The third-order valence-corrected chi connectivity index (χ3v) is 6.54. The highest BCUT2D eigenvalue weighted by molar-refractivity contribution is 7.22. The van der Waals surface area contributed by atoms with Crippen LogP contribution in [0.4, 0.5) is 10.8 Å². The second-order valence-electron chi connectivity index (χ2n) is 7.67. The standard InChI is InChI=1S/C23H23N5O3S/c1-16-4-5-17(2)22-21(16)25-23(32-22)27(12-3-11-26-13-10-24-15-26)20(29)14-18-6-8-19(9-7-18)28(30)31/h4-10,13,15H,3,11-12,14H2,1-2H3. The van der Waals surface area contributed by atoms with E-state index in [1.807, 2.05) is 30.7 Å². The van der Waals surface area contributed by atoms with Crippen molar-refractivity contribution in [1.29, 1.82) is 0 Å². The molecular weight excluding hydrogens is 426 g/mol. The number of hydrogen-bond donors (Lipinski definition) is 0. The summed E-state index contributed by atoms with van der Waals surface area (Å²) in [5, 5.41) is 11.6. The Morgan fingerprint density at radius 3 is 2.56 bits per heavy atom. The molecule has 0 aliphatic heterocycles. The number of rotatable bonds is 8. The summed E-state index contributed by atoms with van der Waals surface area (Å²) in [4.78, 5) is 34.4. The number of nitrogens with zero attached hydrogens (tertiary/aromatic N) is 5. The van der Waals surface area contributed by atoms with Gasteiger partial charge in [-0.05, 0) is 37.0 Å². The van der Waals surface area contributed by atoms with Crippen molar-refractivity contribution in [3.05, 3.63) is 81.9 Å². The maximum absolute atomic E-state index is 13.3. The van der Waals surface area contributed by atoms with E-state index in [0.717, 1.165) is 39.9 Å². The molecule has 0 saturated carbocycles. The molecule has 0 saturated heterocycles. The number of amides is 1. The van der Waals surface area contributed by atoms with Crippen LogP contribution in [0.15, 0.2) is 55.1 Å². The van der Waals surface area contributed by atoms with Crippen LogP contribution in [0.1, 0.15) is 23.1 Å². The highest BCUT2D eigenvalue weighted by Gasteiger charge is 2.21. The smallest absolute Gasteiger partial charge is 0.269 e. The quantitative estimate of drug-likeness (QED) is 0.287. The first-order valence-electron chi connectivity index (χ1n) is 10.3. The molecule has 8 nitrogen and oxygen atoms in total. The van der Waals surface area contributed by atoms with Crippen LogP contribution in [0, 0.1) is 24.0 Å². The Hall–Kier alpha value is -3.59. The Morgan fingerprint density at radius 1 is 1.16 bits per heavy atom. The highest BCUT2D eigenvalue weighted by Crippen LogP contribution is 2.33. The monoisotopic (exact) mass is 449 g/mol. The molecule has 32 heavy (non-hydrogen) atoms. The van der Waals surface area contributed by atoms with Gasteiger partial charge in [0.2, 0.25) is 5.91 Å². The number of thiazole rings is 1. The fraction of sp³-hybridized carbons (Fsp3) is 0.261. The Balaban J connectivity index is 1.59. The van der Waals surface area contributed by atoms with Crippen LogP contribution in [-0.4, -0.2) is 31.9 Å². The van der Waals surface area contributed by atoms with Crippen molar-refractivity contribution in [2.45, 2.75) is 33.2 Å². The molecule has 164 valence electrons. The predicted molar refractivity (Wildman–Crippen MR) is 125 cm³/mol. The van der Waals surface area contributed by atoms with E-state index in [-0.39, 0.29) is 18.0 Å². The van der Waals surface area contributed by atoms with Crippen molar-refractivity contribution in [3.63, 3.8) is 0 Å². The van der Waals surface area contributed by atoms with E-state index < -0.39 is 4.92 Å². The van der Waals surface area contributed by atoms with Crippen LogP contribution in [0.2, 0.25) is 0 Å². The van der Waals surface area contributed by atoms with Crippen molar-refractivity contribution < 1.29 is 9.72 Å². The first-order chi connectivity index (χ1) is 15.4. The highest BCUT2D eigenvalue weighted by atomic mass is 32.1. The molecule has 0 spiro atoms. The fourth-order valence-electron chi connectivity index (χ4n) is 3.53. The zero-order valence-corrected chi connectivity index (χ0v) is 18.7. The molecule has 0 unspecified atom stereocenters. The van der Waals surface area contributed by atoms with Crippen LogP contribution in [-0.2, 0) is 17.8 Å². The summed E-state index contributed by atoms with van der Waals surface area (Å²) in [6, 6.07) is 10.2. The van der Waals surface area contributed by atoms with Gasteiger partial charge in [-0.25, -0.2) is 9.97 Å². The lowest BCUT2D eigenvalue weighted by Crippen LogP contribution is -2.33. The Bertz CT molecular complexity index is 1210. The minimum absolute atomic E-state index is 0.00973. The van der Waals surface area contributed by atoms with Gasteiger partial charge in [0.25, 0.3) is 5.69 Å². The van der Waals surface area contributed by atoms with E-state index in [4.69, 9.17) is 4.98 Å². The molecular formula is C23H23N5O3S. The Kier molecular flexibility index (Phi) is 6.27. The topological polar surface area (TPSA) is 94.2 Å². The number of carbonyl (C=O) groups excluding carboxylic acids is 1. The van der Waals surface area contributed by atoms with E-state index >= 15 is 0 Å². The van der Waals surface area contributed by atoms with Crippen molar-refractivity contribution >= 4 is 38.3 Å². The average Bonchev–Trinajstić information content (AvgIpc) is 3.45. The van der Waals surface area contributed by atoms with Crippen LogP contribution in [0.25, 0.3) is 10.2 Å². The lowest BCUT2D eigenvalue weighted by Gasteiger charge is -2.20. The van der Waals surface area contributed by atoms with Gasteiger partial charge >= 0.3 is 0 Å². The van der Waals surface area contributed by atoms with Gasteiger partial charge in [-0.2, -0.15) is 0 Å². The third-order valence-electron chi connectivity index (χ3n) is 5.32. The number of nitro benzene ring substituents is 1. The molecule has 0 N–H and O–H groups in total. The van der Waals surface area contributed by atoms with Gasteiger partial charge < -0.3 is 4.57 Å². The molecule has 4 aromatic rings. The molecule has 0 fully saturated rings. The van der Waals surface area contributed by atoms with Crippen LogP contribution >= 0.6 is 11.3 Å².